The number of hydrogen-bond acceptors (Lipinski definition) is 3. The number of rotatable bonds is 6. The van der Waals surface area contributed by atoms with Crippen LogP contribution >= 0.6 is 23.2 Å². The molecule has 2 N–H and O–H groups in total. The van der Waals surface area contributed by atoms with Gasteiger partial charge in [-0.3, -0.25) is 4.68 Å². The van der Waals surface area contributed by atoms with Gasteiger partial charge in [-0.05, 0) is 32.9 Å². The number of benzene rings is 1. The van der Waals surface area contributed by atoms with Crippen molar-refractivity contribution in [2.24, 2.45) is 0 Å². The van der Waals surface area contributed by atoms with Crippen molar-refractivity contribution in [2.45, 2.75) is 39.0 Å². The summed E-state index contributed by atoms with van der Waals surface area (Å²) >= 11 is 12.2. The minimum Gasteiger partial charge on any atom is -0.387 e. The van der Waals surface area contributed by atoms with Crippen molar-refractivity contribution in [2.75, 3.05) is 6.54 Å². The fraction of sp³-hybridized carbons (Fsp3) is 0.438. The third kappa shape index (κ3) is 4.02. The van der Waals surface area contributed by atoms with Crippen molar-refractivity contribution in [3.8, 4) is 0 Å². The molecule has 0 aliphatic carbocycles. The molecule has 0 spiro atoms. The summed E-state index contributed by atoms with van der Waals surface area (Å²) in [6, 6.07) is 5.61. The Morgan fingerprint density at radius 2 is 1.86 bits per heavy atom. The van der Waals surface area contributed by atoms with Crippen molar-refractivity contribution in [1.82, 2.24) is 15.1 Å². The van der Waals surface area contributed by atoms with Gasteiger partial charge in [-0.15, -0.1) is 0 Å². The van der Waals surface area contributed by atoms with Crippen LogP contribution in [0.25, 0.3) is 0 Å². The molecular weight excluding hydrogens is 321 g/mol. The first-order valence-corrected chi connectivity index (χ1v) is 8.05. The summed E-state index contributed by atoms with van der Waals surface area (Å²) in [5.74, 6) is 0. The Morgan fingerprint density at radius 1 is 1.23 bits per heavy atom. The first-order chi connectivity index (χ1) is 10.4. The van der Waals surface area contributed by atoms with E-state index < -0.39 is 6.10 Å². The average molecular weight is 342 g/mol. The molecule has 2 unspecified atom stereocenters. The number of aliphatic hydroxyl groups excluding tert-OH is 1. The lowest BCUT2D eigenvalue weighted by molar-refractivity contribution is 0.171. The van der Waals surface area contributed by atoms with Crippen LogP contribution in [0.3, 0.4) is 0 Å². The highest BCUT2D eigenvalue weighted by Gasteiger charge is 2.17. The van der Waals surface area contributed by atoms with Crippen LogP contribution < -0.4 is 5.32 Å². The van der Waals surface area contributed by atoms with Crippen molar-refractivity contribution < 1.29 is 5.11 Å². The lowest BCUT2D eigenvalue weighted by Gasteiger charge is -2.18. The van der Waals surface area contributed by atoms with Crippen molar-refractivity contribution in [3.05, 3.63) is 51.8 Å². The van der Waals surface area contributed by atoms with Gasteiger partial charge in [0.05, 0.1) is 12.3 Å². The molecule has 120 valence electrons. The van der Waals surface area contributed by atoms with Crippen LogP contribution in [0.4, 0.5) is 0 Å². The van der Waals surface area contributed by atoms with E-state index in [9.17, 15) is 5.11 Å². The summed E-state index contributed by atoms with van der Waals surface area (Å²) in [5, 5.41) is 18.9. The average Bonchev–Trinajstić information content (AvgIpc) is 2.94. The molecule has 6 heteroatoms. The summed E-state index contributed by atoms with van der Waals surface area (Å²) in [4.78, 5) is 0. The maximum absolute atomic E-state index is 10.3. The molecule has 2 rings (SSSR count). The van der Waals surface area contributed by atoms with Gasteiger partial charge in [0.25, 0.3) is 0 Å². The van der Waals surface area contributed by atoms with E-state index in [-0.39, 0.29) is 6.04 Å². The predicted molar refractivity (Wildman–Crippen MR) is 90.5 cm³/mol. The summed E-state index contributed by atoms with van der Waals surface area (Å²) in [7, 11) is 0. The molecule has 22 heavy (non-hydrogen) atoms. The lowest BCUT2D eigenvalue weighted by Crippen LogP contribution is -2.24. The molecule has 0 radical (unpaired) electrons. The van der Waals surface area contributed by atoms with E-state index in [1.807, 2.05) is 24.0 Å². The molecule has 2 atom stereocenters. The molecule has 1 aromatic carbocycles. The minimum absolute atomic E-state index is 0.0726. The van der Waals surface area contributed by atoms with E-state index >= 15 is 0 Å². The van der Waals surface area contributed by atoms with Crippen molar-refractivity contribution >= 4 is 23.2 Å². The fourth-order valence-electron chi connectivity index (χ4n) is 2.20. The zero-order chi connectivity index (χ0) is 16.3. The van der Waals surface area contributed by atoms with Gasteiger partial charge in [-0.2, -0.15) is 5.10 Å². The Bertz CT molecular complexity index is 607. The van der Waals surface area contributed by atoms with Crippen LogP contribution in [-0.2, 0) is 0 Å². The van der Waals surface area contributed by atoms with Crippen LogP contribution in [0.1, 0.15) is 50.1 Å². The van der Waals surface area contributed by atoms with Crippen LogP contribution in [0, 0.1) is 0 Å². The highest BCUT2D eigenvalue weighted by molar-refractivity contribution is 6.36. The number of aromatic nitrogens is 2. The molecule has 2 aromatic rings. The van der Waals surface area contributed by atoms with Crippen molar-refractivity contribution in [3.63, 3.8) is 0 Å². The SMILES string of the molecule is CC(NCC(O)c1c(Cl)cccc1Cl)c1cnn(C(C)C)c1. The highest BCUT2D eigenvalue weighted by atomic mass is 35.5. The monoisotopic (exact) mass is 341 g/mol. The van der Waals surface area contributed by atoms with E-state index in [2.05, 4.69) is 24.3 Å². The Balaban J connectivity index is 1.99. The van der Waals surface area contributed by atoms with E-state index in [0.717, 1.165) is 5.56 Å². The first kappa shape index (κ1) is 17.3. The normalized spacial score (nSPS) is 14.3. The van der Waals surface area contributed by atoms with E-state index in [1.54, 1.807) is 18.2 Å². The van der Waals surface area contributed by atoms with E-state index in [1.165, 1.54) is 0 Å². The van der Waals surface area contributed by atoms with Crippen LogP contribution in [0.15, 0.2) is 30.6 Å². The molecule has 0 amide bonds. The number of aliphatic hydroxyl groups is 1. The molecule has 0 fully saturated rings. The summed E-state index contributed by atoms with van der Waals surface area (Å²) in [5.41, 5.74) is 1.63. The maximum atomic E-state index is 10.3. The second-order valence-corrected chi connectivity index (χ2v) is 6.44. The zero-order valence-electron chi connectivity index (χ0n) is 12.9. The molecule has 0 bridgehead atoms. The van der Waals surface area contributed by atoms with Gasteiger partial charge in [0.2, 0.25) is 0 Å². The third-order valence-electron chi connectivity index (χ3n) is 3.60. The molecule has 1 heterocycles. The van der Waals surface area contributed by atoms with Crippen LogP contribution in [0.5, 0.6) is 0 Å². The van der Waals surface area contributed by atoms with Gasteiger partial charge >= 0.3 is 0 Å². The lowest BCUT2D eigenvalue weighted by atomic mass is 10.1. The fourth-order valence-corrected chi connectivity index (χ4v) is 2.85. The van der Waals surface area contributed by atoms with Gasteiger partial charge in [-0.1, -0.05) is 29.3 Å². The van der Waals surface area contributed by atoms with Crippen molar-refractivity contribution in [1.29, 1.82) is 0 Å². The predicted octanol–water partition coefficient (Wildman–Crippen LogP) is 4.16. The maximum Gasteiger partial charge on any atom is 0.0943 e. The summed E-state index contributed by atoms with van der Waals surface area (Å²) in [6.07, 6.45) is 3.09. The second kappa shape index (κ2) is 7.47. The van der Waals surface area contributed by atoms with Gasteiger partial charge in [-0.25, -0.2) is 0 Å². The largest absolute Gasteiger partial charge is 0.387 e. The molecule has 0 saturated heterocycles. The van der Waals surface area contributed by atoms with Crippen LogP contribution in [0.2, 0.25) is 10.0 Å². The van der Waals surface area contributed by atoms with Gasteiger partial charge in [0.15, 0.2) is 0 Å². The first-order valence-electron chi connectivity index (χ1n) is 7.29. The molecule has 1 aromatic heterocycles. The number of nitrogens with one attached hydrogen (secondary N) is 1. The Hall–Kier alpha value is -1.07. The smallest absolute Gasteiger partial charge is 0.0943 e. The van der Waals surface area contributed by atoms with E-state index in [4.69, 9.17) is 23.2 Å². The Kier molecular flexibility index (Phi) is 5.87. The number of nitrogens with zero attached hydrogens (tertiary/aromatic N) is 2. The molecule has 0 aliphatic heterocycles. The third-order valence-corrected chi connectivity index (χ3v) is 4.26. The second-order valence-electron chi connectivity index (χ2n) is 5.63. The van der Waals surface area contributed by atoms with Crippen LogP contribution in [-0.4, -0.2) is 21.4 Å². The topological polar surface area (TPSA) is 50.1 Å². The molecule has 0 aliphatic rings. The standard InChI is InChI=1S/C16H21Cl2N3O/c1-10(2)21-9-12(7-20-21)11(3)19-8-15(22)16-13(17)5-4-6-14(16)18/h4-7,9-11,15,19,22H,8H2,1-3H3. The van der Waals surface area contributed by atoms with Gasteiger partial charge in [0.1, 0.15) is 0 Å². The molecule has 4 nitrogen and oxygen atoms in total. The molecular formula is C16H21Cl2N3O. The summed E-state index contributed by atoms with van der Waals surface area (Å²) in [6.45, 7) is 6.55. The zero-order valence-corrected chi connectivity index (χ0v) is 14.4. The quantitative estimate of drug-likeness (QED) is 0.829. The van der Waals surface area contributed by atoms with Gasteiger partial charge < -0.3 is 10.4 Å². The van der Waals surface area contributed by atoms with E-state index in [0.29, 0.717) is 28.2 Å². The minimum atomic E-state index is -0.760. The van der Waals surface area contributed by atoms with Gasteiger partial charge in [0, 0.05) is 46.0 Å². The number of halogens is 2. The number of hydrogen-bond donors (Lipinski definition) is 2. The Labute approximate surface area is 141 Å². The highest BCUT2D eigenvalue weighted by Crippen LogP contribution is 2.30. The Morgan fingerprint density at radius 3 is 2.41 bits per heavy atom. The molecule has 0 saturated carbocycles. The summed E-state index contributed by atoms with van der Waals surface area (Å²) < 4.78 is 1.91.